The van der Waals surface area contributed by atoms with Gasteiger partial charge in [-0.3, -0.25) is 4.79 Å². The Bertz CT molecular complexity index is 798. The van der Waals surface area contributed by atoms with Gasteiger partial charge >= 0.3 is 0 Å². The molecular formula is C14H8ClFN2O2S. The van der Waals surface area contributed by atoms with Crippen molar-refractivity contribution in [2.24, 2.45) is 10.7 Å². The van der Waals surface area contributed by atoms with E-state index in [2.05, 4.69) is 4.99 Å². The van der Waals surface area contributed by atoms with Crippen molar-refractivity contribution >= 4 is 40.5 Å². The van der Waals surface area contributed by atoms with Crippen LogP contribution in [0, 0.1) is 5.82 Å². The molecule has 1 aromatic heterocycles. The largest absolute Gasteiger partial charge is 0.457 e. The molecule has 3 rings (SSSR count). The molecule has 7 heteroatoms. The molecule has 0 atom stereocenters. The summed E-state index contributed by atoms with van der Waals surface area (Å²) < 4.78 is 18.7. The van der Waals surface area contributed by atoms with E-state index in [0.717, 1.165) is 11.8 Å². The van der Waals surface area contributed by atoms with E-state index in [1.165, 1.54) is 12.1 Å². The average Bonchev–Trinajstić information content (AvgIpc) is 3.01. The number of carbonyl (C=O) groups excluding carboxylic acids is 1. The number of amides is 1. The Morgan fingerprint density at radius 1 is 1.33 bits per heavy atom. The van der Waals surface area contributed by atoms with E-state index in [9.17, 15) is 9.18 Å². The maximum atomic E-state index is 13.1. The Hall–Kier alpha value is -2.05. The van der Waals surface area contributed by atoms with Crippen LogP contribution in [0.2, 0.25) is 5.02 Å². The third kappa shape index (κ3) is 2.86. The van der Waals surface area contributed by atoms with Crippen molar-refractivity contribution in [3.63, 3.8) is 0 Å². The zero-order valence-corrected chi connectivity index (χ0v) is 12.0. The number of carbonyl (C=O) groups is 1. The Morgan fingerprint density at radius 3 is 2.81 bits per heavy atom. The number of furan rings is 1. The topological polar surface area (TPSA) is 68.6 Å². The van der Waals surface area contributed by atoms with Crippen LogP contribution in [0.15, 0.2) is 44.6 Å². The van der Waals surface area contributed by atoms with Gasteiger partial charge in [0.15, 0.2) is 5.17 Å². The van der Waals surface area contributed by atoms with Crippen LogP contribution in [0.5, 0.6) is 0 Å². The predicted octanol–water partition coefficient (Wildman–Crippen LogP) is 3.67. The molecule has 0 saturated carbocycles. The Kier molecular flexibility index (Phi) is 3.57. The summed E-state index contributed by atoms with van der Waals surface area (Å²) in [7, 11) is 0. The van der Waals surface area contributed by atoms with Crippen molar-refractivity contribution < 1.29 is 13.6 Å². The molecule has 21 heavy (non-hydrogen) atoms. The van der Waals surface area contributed by atoms with Crippen molar-refractivity contribution in [2.45, 2.75) is 0 Å². The van der Waals surface area contributed by atoms with Crippen molar-refractivity contribution in [3.05, 3.63) is 51.8 Å². The predicted molar refractivity (Wildman–Crippen MR) is 81.3 cm³/mol. The number of rotatable bonds is 2. The third-order valence-corrected chi connectivity index (χ3v) is 3.84. The first-order valence-corrected chi connectivity index (χ1v) is 7.06. The van der Waals surface area contributed by atoms with E-state index in [-0.39, 0.29) is 16.1 Å². The highest BCUT2D eigenvalue weighted by Crippen LogP contribution is 2.30. The van der Waals surface area contributed by atoms with Gasteiger partial charge in [0.2, 0.25) is 0 Å². The van der Waals surface area contributed by atoms with Crippen LogP contribution >= 0.6 is 23.4 Å². The molecule has 0 fully saturated rings. The molecule has 4 nitrogen and oxygen atoms in total. The maximum absolute atomic E-state index is 13.1. The lowest BCUT2D eigenvalue weighted by atomic mass is 10.2. The molecule has 0 radical (unpaired) electrons. The van der Waals surface area contributed by atoms with Gasteiger partial charge < -0.3 is 10.2 Å². The van der Waals surface area contributed by atoms with Gasteiger partial charge in [-0.15, -0.1) is 0 Å². The first-order chi connectivity index (χ1) is 10.0. The summed E-state index contributed by atoms with van der Waals surface area (Å²) in [5.74, 6) is 0.120. The van der Waals surface area contributed by atoms with Crippen molar-refractivity contribution in [1.29, 1.82) is 0 Å². The second-order valence-electron chi connectivity index (χ2n) is 4.20. The number of hydrogen-bond donors (Lipinski definition) is 1. The normalized spacial score (nSPS) is 16.6. The fraction of sp³-hybridized carbons (Fsp3) is 0. The first-order valence-electron chi connectivity index (χ1n) is 5.86. The molecule has 0 aliphatic carbocycles. The third-order valence-electron chi connectivity index (χ3n) is 2.74. The zero-order valence-electron chi connectivity index (χ0n) is 10.5. The van der Waals surface area contributed by atoms with E-state index in [1.54, 1.807) is 24.3 Å². The second kappa shape index (κ2) is 5.38. The number of hydrogen-bond acceptors (Lipinski definition) is 4. The molecule has 0 unspecified atom stereocenters. The standard InChI is InChI=1S/C14H8ClFN2O2S/c15-9-5-7(1-3-10(9)16)11-4-2-8(20-11)6-12-13(19)18-14(17)21-12/h1-6H,(H2,17,18,19). The minimum absolute atomic E-state index is 0.0199. The van der Waals surface area contributed by atoms with Crippen LogP contribution in [0.3, 0.4) is 0 Å². The molecule has 2 N–H and O–H groups in total. The van der Waals surface area contributed by atoms with Crippen molar-refractivity contribution in [3.8, 4) is 11.3 Å². The highest BCUT2D eigenvalue weighted by molar-refractivity contribution is 8.18. The van der Waals surface area contributed by atoms with Crippen LogP contribution in [-0.2, 0) is 4.79 Å². The average molecular weight is 323 g/mol. The number of amidine groups is 1. The van der Waals surface area contributed by atoms with Gasteiger partial charge in [-0.1, -0.05) is 11.6 Å². The summed E-state index contributed by atoms with van der Waals surface area (Å²) in [5.41, 5.74) is 6.11. The molecule has 0 saturated heterocycles. The van der Waals surface area contributed by atoms with E-state index < -0.39 is 5.82 Å². The number of aliphatic imine (C=N–C) groups is 1. The van der Waals surface area contributed by atoms with E-state index in [4.69, 9.17) is 21.8 Å². The Morgan fingerprint density at radius 2 is 2.14 bits per heavy atom. The van der Waals surface area contributed by atoms with Gasteiger partial charge in [0.1, 0.15) is 17.3 Å². The molecule has 106 valence electrons. The van der Waals surface area contributed by atoms with E-state index >= 15 is 0 Å². The van der Waals surface area contributed by atoms with Gasteiger partial charge in [-0.05, 0) is 42.1 Å². The monoisotopic (exact) mass is 322 g/mol. The molecule has 2 heterocycles. The molecular weight excluding hydrogens is 315 g/mol. The second-order valence-corrected chi connectivity index (χ2v) is 5.67. The van der Waals surface area contributed by atoms with Crippen LogP contribution < -0.4 is 5.73 Å². The Balaban J connectivity index is 1.89. The van der Waals surface area contributed by atoms with Gasteiger partial charge in [0.25, 0.3) is 5.91 Å². The van der Waals surface area contributed by atoms with Crippen LogP contribution in [-0.4, -0.2) is 11.1 Å². The SMILES string of the molecule is NC1=NC(=O)C(=Cc2ccc(-c3ccc(F)c(Cl)c3)o2)S1. The van der Waals surface area contributed by atoms with Crippen LogP contribution in [0.1, 0.15) is 5.76 Å². The fourth-order valence-electron chi connectivity index (χ4n) is 1.79. The number of benzene rings is 1. The van der Waals surface area contributed by atoms with Crippen LogP contribution in [0.25, 0.3) is 17.4 Å². The lowest BCUT2D eigenvalue weighted by molar-refractivity contribution is -0.113. The lowest BCUT2D eigenvalue weighted by Gasteiger charge is -1.99. The first kappa shape index (κ1) is 13.9. The smallest absolute Gasteiger partial charge is 0.286 e. The maximum Gasteiger partial charge on any atom is 0.286 e. The lowest BCUT2D eigenvalue weighted by Crippen LogP contribution is -2.01. The molecule has 1 aliphatic rings. The van der Waals surface area contributed by atoms with E-state index in [0.29, 0.717) is 22.0 Å². The minimum atomic E-state index is -0.491. The summed E-state index contributed by atoms with van der Waals surface area (Å²) in [5, 5.41) is 0.231. The molecule has 0 spiro atoms. The summed E-state index contributed by atoms with van der Waals surface area (Å²) in [6.45, 7) is 0. The number of thioether (sulfide) groups is 1. The number of halogens is 2. The number of nitrogens with zero attached hydrogens (tertiary/aromatic N) is 1. The summed E-state index contributed by atoms with van der Waals surface area (Å²) >= 11 is 6.82. The Labute approximate surface area is 128 Å². The molecule has 0 bridgehead atoms. The van der Waals surface area contributed by atoms with Crippen molar-refractivity contribution in [1.82, 2.24) is 0 Å². The molecule has 2 aromatic rings. The van der Waals surface area contributed by atoms with Gasteiger partial charge in [0, 0.05) is 11.6 Å². The number of nitrogens with two attached hydrogens (primary N) is 1. The fourth-order valence-corrected chi connectivity index (χ4v) is 2.63. The zero-order chi connectivity index (χ0) is 15.0. The summed E-state index contributed by atoms with van der Waals surface area (Å²) in [6.07, 6.45) is 1.56. The van der Waals surface area contributed by atoms with E-state index in [1.807, 2.05) is 0 Å². The quantitative estimate of drug-likeness (QED) is 0.857. The molecule has 1 aliphatic heterocycles. The molecule has 1 amide bonds. The highest BCUT2D eigenvalue weighted by atomic mass is 35.5. The van der Waals surface area contributed by atoms with Gasteiger partial charge in [0.05, 0.1) is 9.93 Å². The summed E-state index contributed by atoms with van der Waals surface area (Å²) in [6, 6.07) is 7.71. The van der Waals surface area contributed by atoms with Crippen LogP contribution in [0.4, 0.5) is 4.39 Å². The van der Waals surface area contributed by atoms with Crippen molar-refractivity contribution in [2.75, 3.05) is 0 Å². The van der Waals surface area contributed by atoms with Gasteiger partial charge in [-0.25, -0.2) is 4.39 Å². The minimum Gasteiger partial charge on any atom is -0.457 e. The van der Waals surface area contributed by atoms with Gasteiger partial charge in [-0.2, -0.15) is 4.99 Å². The summed E-state index contributed by atoms with van der Waals surface area (Å²) in [4.78, 5) is 15.5. The highest BCUT2D eigenvalue weighted by Gasteiger charge is 2.20. The molecule has 1 aromatic carbocycles.